The highest BCUT2D eigenvalue weighted by Gasteiger charge is 2.25. The van der Waals surface area contributed by atoms with E-state index < -0.39 is 0 Å². The van der Waals surface area contributed by atoms with Crippen LogP contribution in [-0.4, -0.2) is 41.6 Å². The van der Waals surface area contributed by atoms with Gasteiger partial charge in [0.1, 0.15) is 5.76 Å². The molecule has 1 aromatic heterocycles. The highest BCUT2D eigenvalue weighted by Crippen LogP contribution is 2.28. The molecule has 2 heterocycles. The molecule has 3 amide bonds. The van der Waals surface area contributed by atoms with Gasteiger partial charge in [0.15, 0.2) is 5.69 Å². The van der Waals surface area contributed by atoms with Crippen LogP contribution in [0.2, 0.25) is 0 Å². The summed E-state index contributed by atoms with van der Waals surface area (Å²) < 4.78 is 4.95. The van der Waals surface area contributed by atoms with Crippen molar-refractivity contribution in [2.24, 2.45) is 5.92 Å². The number of para-hydroxylation sites is 1. The van der Waals surface area contributed by atoms with Crippen molar-refractivity contribution in [3.8, 4) is 11.1 Å². The Bertz CT molecular complexity index is 1050. The molecular weight excluding hydrogens is 392 g/mol. The van der Waals surface area contributed by atoms with Gasteiger partial charge in [-0.05, 0) is 37.3 Å². The van der Waals surface area contributed by atoms with Gasteiger partial charge in [-0.3, -0.25) is 4.79 Å². The Morgan fingerprint density at radius 1 is 1.13 bits per heavy atom. The second-order valence-corrected chi connectivity index (χ2v) is 7.83. The van der Waals surface area contributed by atoms with Crippen molar-refractivity contribution >= 4 is 17.6 Å². The number of piperidine rings is 1. The summed E-state index contributed by atoms with van der Waals surface area (Å²) in [5, 5.41) is 9.71. The number of benzene rings is 2. The fourth-order valence-electron chi connectivity index (χ4n) is 3.87. The quantitative estimate of drug-likeness (QED) is 0.646. The number of hydrogen-bond donors (Lipinski definition) is 2. The summed E-state index contributed by atoms with van der Waals surface area (Å²) in [5.41, 5.74) is 3.11. The van der Waals surface area contributed by atoms with Crippen molar-refractivity contribution in [1.29, 1.82) is 0 Å². The maximum Gasteiger partial charge on any atom is 0.321 e. The largest absolute Gasteiger partial charge is 0.361 e. The lowest BCUT2D eigenvalue weighted by Gasteiger charge is -2.33. The minimum Gasteiger partial charge on any atom is -0.361 e. The maximum absolute atomic E-state index is 13.0. The summed E-state index contributed by atoms with van der Waals surface area (Å²) in [6, 6.07) is 19.3. The van der Waals surface area contributed by atoms with E-state index in [1.807, 2.05) is 59.5 Å². The lowest BCUT2D eigenvalue weighted by Crippen LogP contribution is -2.45. The van der Waals surface area contributed by atoms with Gasteiger partial charge in [0.2, 0.25) is 0 Å². The Morgan fingerprint density at radius 2 is 1.90 bits per heavy atom. The lowest BCUT2D eigenvalue weighted by atomic mass is 9.98. The van der Waals surface area contributed by atoms with Crippen LogP contribution in [0.1, 0.15) is 29.1 Å². The van der Waals surface area contributed by atoms with Gasteiger partial charge in [-0.25, -0.2) is 4.79 Å². The molecule has 1 fully saturated rings. The van der Waals surface area contributed by atoms with Gasteiger partial charge >= 0.3 is 6.03 Å². The number of aryl methyl sites for hydroxylation is 1. The van der Waals surface area contributed by atoms with Crippen LogP contribution in [-0.2, 0) is 0 Å². The van der Waals surface area contributed by atoms with Crippen LogP contribution in [0, 0.1) is 12.8 Å². The molecule has 4 rings (SSSR count). The van der Waals surface area contributed by atoms with Gasteiger partial charge < -0.3 is 20.1 Å². The Kier molecular flexibility index (Phi) is 6.31. The van der Waals surface area contributed by atoms with Gasteiger partial charge in [-0.2, -0.15) is 0 Å². The van der Waals surface area contributed by atoms with E-state index in [2.05, 4.69) is 15.8 Å². The van der Waals surface area contributed by atoms with Crippen LogP contribution < -0.4 is 10.6 Å². The summed E-state index contributed by atoms with van der Waals surface area (Å²) in [7, 11) is 0. The average Bonchev–Trinajstić information content (AvgIpc) is 3.25. The van der Waals surface area contributed by atoms with E-state index in [0.29, 0.717) is 25.4 Å². The molecule has 0 spiro atoms. The smallest absolute Gasteiger partial charge is 0.321 e. The number of urea groups is 1. The fourth-order valence-corrected chi connectivity index (χ4v) is 3.87. The number of hydrogen-bond acceptors (Lipinski definition) is 4. The van der Waals surface area contributed by atoms with Gasteiger partial charge in [0, 0.05) is 31.3 Å². The molecule has 0 bridgehead atoms. The molecule has 0 saturated carbocycles. The van der Waals surface area contributed by atoms with Crippen LogP contribution in [0.3, 0.4) is 0 Å². The number of rotatable bonds is 5. The van der Waals surface area contributed by atoms with Crippen LogP contribution >= 0.6 is 0 Å². The minimum absolute atomic E-state index is 0.119. The van der Waals surface area contributed by atoms with E-state index in [0.717, 1.165) is 29.7 Å². The van der Waals surface area contributed by atoms with Crippen molar-refractivity contribution in [3.05, 3.63) is 72.1 Å². The lowest BCUT2D eigenvalue weighted by molar-refractivity contribution is 0.0929. The molecule has 1 aliphatic heterocycles. The predicted molar refractivity (Wildman–Crippen MR) is 119 cm³/mol. The van der Waals surface area contributed by atoms with E-state index in [1.165, 1.54) is 0 Å². The summed E-state index contributed by atoms with van der Waals surface area (Å²) in [4.78, 5) is 27.0. The van der Waals surface area contributed by atoms with Gasteiger partial charge in [-0.1, -0.05) is 53.7 Å². The van der Waals surface area contributed by atoms with E-state index in [1.54, 1.807) is 13.0 Å². The SMILES string of the molecule is Cc1cc(C(=O)NC[C@@H]2CCCN(C(=O)Nc3ccccc3-c3ccccc3)C2)no1. The van der Waals surface area contributed by atoms with Gasteiger partial charge in [-0.15, -0.1) is 0 Å². The summed E-state index contributed by atoms with van der Waals surface area (Å²) in [6.07, 6.45) is 1.86. The topological polar surface area (TPSA) is 87.5 Å². The molecule has 1 saturated heterocycles. The summed E-state index contributed by atoms with van der Waals surface area (Å²) in [6.45, 7) is 3.54. The van der Waals surface area contributed by atoms with Gasteiger partial charge in [0.05, 0.1) is 5.69 Å². The Hall–Kier alpha value is -3.61. The zero-order valence-corrected chi connectivity index (χ0v) is 17.5. The normalized spacial score (nSPS) is 16.0. The maximum atomic E-state index is 13.0. The van der Waals surface area contributed by atoms with E-state index >= 15 is 0 Å². The second kappa shape index (κ2) is 9.47. The van der Waals surface area contributed by atoms with Crippen LogP contribution in [0.5, 0.6) is 0 Å². The Morgan fingerprint density at radius 3 is 2.68 bits per heavy atom. The average molecular weight is 418 g/mol. The molecule has 7 heteroatoms. The molecule has 0 aliphatic carbocycles. The number of carbonyl (C=O) groups is 2. The molecule has 3 aromatic rings. The molecular formula is C24H26N4O3. The first kappa shape index (κ1) is 20.7. The highest BCUT2D eigenvalue weighted by atomic mass is 16.5. The van der Waals surface area contributed by atoms with Crippen molar-refractivity contribution in [2.75, 3.05) is 25.0 Å². The first-order valence-electron chi connectivity index (χ1n) is 10.5. The molecule has 160 valence electrons. The zero-order valence-electron chi connectivity index (χ0n) is 17.5. The molecule has 7 nitrogen and oxygen atoms in total. The number of anilines is 1. The number of likely N-dealkylation sites (tertiary alicyclic amines) is 1. The number of nitrogens with zero attached hydrogens (tertiary/aromatic N) is 2. The standard InChI is InChI=1S/C24H26N4O3/c1-17-14-22(27-31-17)23(29)25-15-18-8-7-13-28(16-18)24(30)26-21-12-6-5-11-20(21)19-9-3-2-4-10-19/h2-6,9-12,14,18H,7-8,13,15-16H2,1H3,(H,25,29)(H,26,30)/t18-/m0/s1. The van der Waals surface area contributed by atoms with Crippen LogP contribution in [0.15, 0.2) is 65.2 Å². The second-order valence-electron chi connectivity index (χ2n) is 7.83. The molecule has 31 heavy (non-hydrogen) atoms. The van der Waals surface area contributed by atoms with Gasteiger partial charge in [0.25, 0.3) is 5.91 Å². The molecule has 1 aliphatic rings. The Labute approximate surface area is 181 Å². The number of amides is 3. The van der Waals surface area contributed by atoms with E-state index in [-0.39, 0.29) is 23.6 Å². The van der Waals surface area contributed by atoms with Crippen LogP contribution in [0.25, 0.3) is 11.1 Å². The van der Waals surface area contributed by atoms with Crippen LogP contribution in [0.4, 0.5) is 10.5 Å². The molecule has 0 radical (unpaired) electrons. The van der Waals surface area contributed by atoms with Crippen molar-refractivity contribution < 1.29 is 14.1 Å². The predicted octanol–water partition coefficient (Wildman–Crippen LogP) is 4.32. The third-order valence-electron chi connectivity index (χ3n) is 5.47. The van der Waals surface area contributed by atoms with Crippen molar-refractivity contribution in [3.63, 3.8) is 0 Å². The van der Waals surface area contributed by atoms with Crippen molar-refractivity contribution in [1.82, 2.24) is 15.4 Å². The minimum atomic E-state index is -0.254. The highest BCUT2D eigenvalue weighted by molar-refractivity contribution is 5.94. The summed E-state index contributed by atoms with van der Waals surface area (Å²) >= 11 is 0. The fraction of sp³-hybridized carbons (Fsp3) is 0.292. The monoisotopic (exact) mass is 418 g/mol. The molecule has 2 N–H and O–H groups in total. The number of aromatic nitrogens is 1. The first-order valence-corrected chi connectivity index (χ1v) is 10.5. The van der Waals surface area contributed by atoms with E-state index in [9.17, 15) is 9.59 Å². The Balaban J connectivity index is 1.36. The molecule has 2 aromatic carbocycles. The van der Waals surface area contributed by atoms with Crippen molar-refractivity contribution in [2.45, 2.75) is 19.8 Å². The molecule has 0 unspecified atom stereocenters. The number of nitrogens with one attached hydrogen (secondary N) is 2. The number of carbonyl (C=O) groups excluding carboxylic acids is 2. The third kappa shape index (κ3) is 5.12. The summed E-state index contributed by atoms with van der Waals surface area (Å²) in [5.74, 6) is 0.539. The van der Waals surface area contributed by atoms with E-state index in [4.69, 9.17) is 4.52 Å². The zero-order chi connectivity index (χ0) is 21.6. The third-order valence-corrected chi connectivity index (χ3v) is 5.47. The molecule has 1 atom stereocenters. The first-order chi connectivity index (χ1) is 15.1.